The van der Waals surface area contributed by atoms with Crippen molar-refractivity contribution < 1.29 is 14.3 Å². The van der Waals surface area contributed by atoms with Gasteiger partial charge in [-0.3, -0.25) is 9.98 Å². The van der Waals surface area contributed by atoms with Gasteiger partial charge in [0.25, 0.3) is 0 Å². The monoisotopic (exact) mass is 461 g/mol. The molecule has 2 atom stereocenters. The number of aromatic carboxylic acids is 1. The molecule has 33 heavy (non-hydrogen) atoms. The van der Waals surface area contributed by atoms with E-state index < -0.39 is 11.8 Å². The number of hydrogen-bond acceptors (Lipinski definition) is 6. The fourth-order valence-electron chi connectivity index (χ4n) is 3.95. The molecule has 0 saturated carbocycles. The van der Waals surface area contributed by atoms with E-state index in [4.69, 9.17) is 21.7 Å². The van der Waals surface area contributed by atoms with E-state index in [1.54, 1.807) is 30.5 Å². The summed E-state index contributed by atoms with van der Waals surface area (Å²) >= 11 is 6.30. The second-order valence-electron chi connectivity index (χ2n) is 7.61. The molecule has 1 aromatic carbocycles. The van der Waals surface area contributed by atoms with Crippen molar-refractivity contribution in [3.63, 3.8) is 0 Å². The Bertz CT molecular complexity index is 1340. The van der Waals surface area contributed by atoms with Crippen LogP contribution in [0.4, 0.5) is 16.0 Å². The standard InChI is InChI=1S/C24H17ClFN5O2/c25-15-5-8-17-18(10-15)21(22-19(26)2-1-9-27-22)28-11-14-12-29-24(31-20(14)17)30-16-6-3-13(4-7-16)23(32)33/h1-10,12,17-18H,11H2,(H,32,33)(H,29,30,31). The summed E-state index contributed by atoms with van der Waals surface area (Å²) in [5.74, 6) is -1.66. The normalized spacial score (nSPS) is 19.0. The summed E-state index contributed by atoms with van der Waals surface area (Å²) in [6.45, 7) is 0.278. The fraction of sp³-hybridized carbons (Fsp3) is 0.125. The number of aliphatic imine (C=N–C) groups is 1. The van der Waals surface area contributed by atoms with Crippen molar-refractivity contribution in [3.05, 3.63) is 100 Å². The van der Waals surface area contributed by atoms with Crippen molar-refractivity contribution in [2.45, 2.75) is 12.5 Å². The van der Waals surface area contributed by atoms with Crippen LogP contribution in [0.2, 0.25) is 0 Å². The van der Waals surface area contributed by atoms with Crippen molar-refractivity contribution in [3.8, 4) is 0 Å². The van der Waals surface area contributed by atoms with Crippen LogP contribution in [0.15, 0.2) is 77.0 Å². The zero-order valence-electron chi connectivity index (χ0n) is 17.1. The third-order valence-electron chi connectivity index (χ3n) is 5.53. The van der Waals surface area contributed by atoms with E-state index in [0.29, 0.717) is 22.4 Å². The molecule has 0 saturated heterocycles. The van der Waals surface area contributed by atoms with Crippen LogP contribution >= 0.6 is 11.6 Å². The second kappa shape index (κ2) is 8.55. The Morgan fingerprint density at radius 1 is 1.15 bits per heavy atom. The van der Waals surface area contributed by atoms with Gasteiger partial charge in [-0.15, -0.1) is 0 Å². The first-order valence-electron chi connectivity index (χ1n) is 10.2. The van der Waals surface area contributed by atoms with Crippen LogP contribution in [-0.2, 0) is 6.54 Å². The highest BCUT2D eigenvalue weighted by Crippen LogP contribution is 2.39. The molecule has 2 unspecified atom stereocenters. The highest BCUT2D eigenvalue weighted by Gasteiger charge is 2.34. The smallest absolute Gasteiger partial charge is 0.335 e. The topological polar surface area (TPSA) is 100 Å². The molecule has 5 rings (SSSR count). The van der Waals surface area contributed by atoms with Gasteiger partial charge < -0.3 is 10.4 Å². The quantitative estimate of drug-likeness (QED) is 0.576. The first-order chi connectivity index (χ1) is 16.0. The Kier molecular flexibility index (Phi) is 5.43. The second-order valence-corrected chi connectivity index (χ2v) is 8.05. The molecule has 2 N–H and O–H groups in total. The van der Waals surface area contributed by atoms with E-state index in [9.17, 15) is 9.18 Å². The molecule has 0 spiro atoms. The molecule has 2 aliphatic rings. The van der Waals surface area contributed by atoms with Gasteiger partial charge in [-0.05, 0) is 42.5 Å². The number of hydrogen-bond donors (Lipinski definition) is 2. The largest absolute Gasteiger partial charge is 0.478 e. The highest BCUT2D eigenvalue weighted by molar-refractivity contribution is 6.31. The first kappa shape index (κ1) is 21.0. The van der Waals surface area contributed by atoms with Crippen LogP contribution in [0.25, 0.3) is 0 Å². The SMILES string of the molecule is O=C(O)c1ccc(Nc2ncc3c(n2)C2C=CC(Cl)=CC2C(c2ncccc2F)=NC3)cc1. The summed E-state index contributed by atoms with van der Waals surface area (Å²) in [5, 5.41) is 12.7. The maximum absolute atomic E-state index is 14.6. The summed E-state index contributed by atoms with van der Waals surface area (Å²) in [6.07, 6.45) is 8.81. The van der Waals surface area contributed by atoms with E-state index in [-0.39, 0.29) is 29.6 Å². The van der Waals surface area contributed by atoms with E-state index in [0.717, 1.165) is 11.3 Å². The van der Waals surface area contributed by atoms with E-state index >= 15 is 0 Å². The minimum absolute atomic E-state index is 0.189. The molecule has 0 bridgehead atoms. The van der Waals surface area contributed by atoms with Crippen LogP contribution in [-0.4, -0.2) is 31.7 Å². The zero-order valence-corrected chi connectivity index (χ0v) is 17.9. The Morgan fingerprint density at radius 3 is 2.73 bits per heavy atom. The van der Waals surface area contributed by atoms with E-state index in [1.165, 1.54) is 24.4 Å². The van der Waals surface area contributed by atoms with Gasteiger partial charge in [0.15, 0.2) is 5.82 Å². The Morgan fingerprint density at radius 2 is 1.97 bits per heavy atom. The third-order valence-corrected chi connectivity index (χ3v) is 5.78. The first-order valence-corrected chi connectivity index (χ1v) is 10.5. The molecule has 3 heterocycles. The molecule has 2 aromatic heterocycles. The number of rotatable bonds is 4. The summed E-state index contributed by atoms with van der Waals surface area (Å²) in [5.41, 5.74) is 3.12. The number of nitrogens with zero attached hydrogens (tertiary/aromatic N) is 4. The number of pyridine rings is 1. The number of anilines is 2. The van der Waals surface area contributed by atoms with E-state index in [2.05, 4.69) is 20.3 Å². The predicted molar refractivity (Wildman–Crippen MR) is 122 cm³/mol. The van der Waals surface area contributed by atoms with Gasteiger partial charge >= 0.3 is 5.97 Å². The van der Waals surface area contributed by atoms with Gasteiger partial charge in [0.1, 0.15) is 5.69 Å². The van der Waals surface area contributed by atoms with Gasteiger partial charge in [-0.1, -0.05) is 23.8 Å². The number of carbonyl (C=O) groups is 1. The molecule has 1 aliphatic heterocycles. The molecular formula is C24H17ClFN5O2. The lowest BCUT2D eigenvalue weighted by Gasteiger charge is -2.25. The summed E-state index contributed by atoms with van der Waals surface area (Å²) in [7, 11) is 0. The molecule has 0 radical (unpaired) electrons. The number of benzene rings is 1. The molecule has 7 nitrogen and oxygen atoms in total. The van der Waals surface area contributed by atoms with Crippen LogP contribution < -0.4 is 5.32 Å². The Labute approximate surface area is 193 Å². The van der Waals surface area contributed by atoms with Crippen molar-refractivity contribution in [2.24, 2.45) is 10.9 Å². The van der Waals surface area contributed by atoms with Crippen molar-refractivity contribution >= 4 is 34.9 Å². The molecule has 9 heteroatoms. The molecule has 164 valence electrons. The lowest BCUT2D eigenvalue weighted by molar-refractivity contribution is 0.0697. The highest BCUT2D eigenvalue weighted by atomic mass is 35.5. The van der Waals surface area contributed by atoms with Gasteiger partial charge in [-0.2, -0.15) is 0 Å². The minimum atomic E-state index is -0.996. The predicted octanol–water partition coefficient (Wildman–Crippen LogP) is 4.85. The van der Waals surface area contributed by atoms with Crippen LogP contribution in [0.1, 0.15) is 33.2 Å². The average Bonchev–Trinajstić information content (AvgIpc) is 2.96. The maximum Gasteiger partial charge on any atom is 0.335 e. The van der Waals surface area contributed by atoms with Crippen molar-refractivity contribution in [1.29, 1.82) is 0 Å². The van der Waals surface area contributed by atoms with Crippen LogP contribution in [0.3, 0.4) is 0 Å². The van der Waals surface area contributed by atoms with E-state index in [1.807, 2.05) is 12.2 Å². The lowest BCUT2D eigenvalue weighted by Crippen LogP contribution is -2.24. The molecule has 1 aliphatic carbocycles. The maximum atomic E-state index is 14.6. The van der Waals surface area contributed by atoms with Crippen molar-refractivity contribution in [1.82, 2.24) is 15.0 Å². The number of carboxylic acids is 1. The Hall–Kier alpha value is -3.91. The average molecular weight is 462 g/mol. The molecule has 0 amide bonds. The molecule has 3 aromatic rings. The molecular weight excluding hydrogens is 445 g/mol. The Balaban J connectivity index is 1.51. The minimum Gasteiger partial charge on any atom is -0.478 e. The van der Waals surface area contributed by atoms with Crippen LogP contribution in [0.5, 0.6) is 0 Å². The zero-order chi connectivity index (χ0) is 22.9. The third kappa shape index (κ3) is 4.12. The van der Waals surface area contributed by atoms with Gasteiger partial charge in [0.2, 0.25) is 5.95 Å². The fourth-order valence-corrected chi connectivity index (χ4v) is 4.16. The van der Waals surface area contributed by atoms with Gasteiger partial charge in [0.05, 0.1) is 23.5 Å². The number of allylic oxidation sites excluding steroid dienone is 4. The molecule has 0 fully saturated rings. The number of carboxylic acid groups (broad SMARTS) is 1. The summed E-state index contributed by atoms with van der Waals surface area (Å²) in [4.78, 5) is 29.1. The van der Waals surface area contributed by atoms with Crippen molar-refractivity contribution in [2.75, 3.05) is 5.32 Å². The van der Waals surface area contributed by atoms with Gasteiger partial charge in [0, 0.05) is 40.5 Å². The number of fused-ring (bicyclic) bond motifs is 3. The number of nitrogens with one attached hydrogen (secondary N) is 1. The number of aromatic nitrogens is 3. The number of halogens is 2. The summed E-state index contributed by atoms with van der Waals surface area (Å²) in [6, 6.07) is 9.20. The van der Waals surface area contributed by atoms with Gasteiger partial charge in [-0.25, -0.2) is 19.2 Å². The summed E-state index contributed by atoms with van der Waals surface area (Å²) < 4.78 is 14.6. The van der Waals surface area contributed by atoms with Crippen LogP contribution in [0, 0.1) is 11.7 Å². The lowest BCUT2D eigenvalue weighted by atomic mass is 9.81.